The Kier molecular flexibility index (Phi) is 3.82. The van der Waals surface area contributed by atoms with Gasteiger partial charge in [0.05, 0.1) is 0 Å². The number of likely N-dealkylation sites (N-methyl/N-ethyl adjacent to an activating group) is 1. The van der Waals surface area contributed by atoms with Gasteiger partial charge in [-0.15, -0.1) is 0 Å². The van der Waals surface area contributed by atoms with Crippen LogP contribution in [0.2, 0.25) is 0 Å². The number of urea groups is 1. The van der Waals surface area contributed by atoms with E-state index in [1.807, 2.05) is 6.07 Å². The van der Waals surface area contributed by atoms with E-state index < -0.39 is 17.5 Å². The first-order valence-electron chi connectivity index (χ1n) is 7.53. The van der Waals surface area contributed by atoms with Crippen molar-refractivity contribution in [2.45, 2.75) is 18.9 Å². The van der Waals surface area contributed by atoms with Crippen LogP contribution in [0.1, 0.15) is 12.5 Å². The molecule has 1 N–H and O–H groups in total. The van der Waals surface area contributed by atoms with Gasteiger partial charge in [-0.05, 0) is 24.6 Å². The Balaban J connectivity index is 1.77. The second kappa shape index (κ2) is 5.70. The number of benzene rings is 1. The first-order chi connectivity index (χ1) is 11.3. The van der Waals surface area contributed by atoms with Gasteiger partial charge in [-0.2, -0.15) is 0 Å². The van der Waals surface area contributed by atoms with Gasteiger partial charge in [0, 0.05) is 20.5 Å². The van der Waals surface area contributed by atoms with Crippen LogP contribution >= 0.6 is 0 Å². The van der Waals surface area contributed by atoms with Crippen molar-refractivity contribution in [3.05, 3.63) is 23.8 Å². The van der Waals surface area contributed by atoms with Crippen LogP contribution in [0.15, 0.2) is 18.2 Å². The molecule has 1 aromatic rings. The van der Waals surface area contributed by atoms with E-state index in [2.05, 4.69) is 5.32 Å². The quantitative estimate of drug-likeness (QED) is 0.804. The number of hydrogen-bond acceptors (Lipinski definition) is 5. The van der Waals surface area contributed by atoms with Crippen LogP contribution in [0, 0.1) is 0 Å². The molecule has 2 aliphatic rings. The highest BCUT2D eigenvalue weighted by atomic mass is 16.7. The molecule has 0 unspecified atom stereocenters. The van der Waals surface area contributed by atoms with Gasteiger partial charge in [-0.25, -0.2) is 4.79 Å². The summed E-state index contributed by atoms with van der Waals surface area (Å²) in [5, 5.41) is 2.69. The molecule has 8 heteroatoms. The van der Waals surface area contributed by atoms with Gasteiger partial charge in [0.2, 0.25) is 12.7 Å². The number of amides is 4. The van der Waals surface area contributed by atoms with Gasteiger partial charge in [0.25, 0.3) is 5.91 Å². The van der Waals surface area contributed by atoms with E-state index in [0.717, 1.165) is 10.5 Å². The van der Waals surface area contributed by atoms with Gasteiger partial charge in [0.15, 0.2) is 11.5 Å². The number of imide groups is 1. The number of nitrogens with zero attached hydrogens (tertiary/aromatic N) is 2. The zero-order chi connectivity index (χ0) is 17.5. The maximum atomic E-state index is 12.6. The first-order valence-corrected chi connectivity index (χ1v) is 7.53. The lowest BCUT2D eigenvalue weighted by molar-refractivity contribution is -0.137. The molecular formula is C16H19N3O5. The minimum Gasteiger partial charge on any atom is -0.454 e. The smallest absolute Gasteiger partial charge is 0.325 e. The molecule has 1 atom stereocenters. The summed E-state index contributed by atoms with van der Waals surface area (Å²) in [6, 6.07) is 4.83. The molecule has 0 aromatic heterocycles. The second-order valence-electron chi connectivity index (χ2n) is 6.31. The van der Waals surface area contributed by atoms with Crippen molar-refractivity contribution >= 4 is 17.8 Å². The first kappa shape index (κ1) is 16.1. The van der Waals surface area contributed by atoms with E-state index in [0.29, 0.717) is 17.9 Å². The average Bonchev–Trinajstić information content (AvgIpc) is 3.05. The lowest BCUT2D eigenvalue weighted by atomic mass is 9.92. The fourth-order valence-corrected chi connectivity index (χ4v) is 2.75. The summed E-state index contributed by atoms with van der Waals surface area (Å²) >= 11 is 0. The molecule has 1 saturated heterocycles. The van der Waals surface area contributed by atoms with Crippen LogP contribution in [0.3, 0.4) is 0 Å². The van der Waals surface area contributed by atoms with Crippen molar-refractivity contribution in [2.75, 3.05) is 27.4 Å². The molecule has 2 heterocycles. The van der Waals surface area contributed by atoms with E-state index in [4.69, 9.17) is 9.47 Å². The van der Waals surface area contributed by atoms with E-state index in [1.54, 1.807) is 33.2 Å². The van der Waals surface area contributed by atoms with Gasteiger partial charge in [-0.1, -0.05) is 6.07 Å². The molecule has 3 rings (SSSR count). The second-order valence-corrected chi connectivity index (χ2v) is 6.31. The van der Waals surface area contributed by atoms with Crippen LogP contribution < -0.4 is 14.8 Å². The Morgan fingerprint density at radius 3 is 2.71 bits per heavy atom. The van der Waals surface area contributed by atoms with Crippen molar-refractivity contribution in [3.63, 3.8) is 0 Å². The van der Waals surface area contributed by atoms with E-state index in [9.17, 15) is 14.4 Å². The number of hydrogen-bond donors (Lipinski definition) is 1. The minimum absolute atomic E-state index is 0.173. The Morgan fingerprint density at radius 2 is 2.00 bits per heavy atom. The summed E-state index contributed by atoms with van der Waals surface area (Å²) in [5.74, 6) is 0.544. The zero-order valence-electron chi connectivity index (χ0n) is 13.8. The summed E-state index contributed by atoms with van der Waals surface area (Å²) in [5.41, 5.74) is -0.270. The minimum atomic E-state index is -1.10. The normalized spacial score (nSPS) is 21.9. The molecule has 1 aromatic carbocycles. The highest BCUT2D eigenvalue weighted by Gasteiger charge is 2.48. The number of rotatable bonds is 4. The summed E-state index contributed by atoms with van der Waals surface area (Å²) in [7, 11) is 3.15. The lowest BCUT2D eigenvalue weighted by Gasteiger charge is -2.22. The maximum absolute atomic E-state index is 12.6. The molecule has 0 spiro atoms. The Hall–Kier alpha value is -2.77. The molecule has 24 heavy (non-hydrogen) atoms. The van der Waals surface area contributed by atoms with Crippen LogP contribution in [-0.4, -0.2) is 60.6 Å². The zero-order valence-corrected chi connectivity index (χ0v) is 13.8. The number of carbonyl (C=O) groups excluding carboxylic acids is 3. The summed E-state index contributed by atoms with van der Waals surface area (Å²) in [4.78, 5) is 38.9. The molecular weight excluding hydrogens is 314 g/mol. The number of fused-ring (bicyclic) bond motifs is 1. The van der Waals surface area contributed by atoms with Crippen LogP contribution in [0.5, 0.6) is 11.5 Å². The largest absolute Gasteiger partial charge is 0.454 e. The molecule has 2 aliphatic heterocycles. The highest BCUT2D eigenvalue weighted by Crippen LogP contribution is 2.34. The molecule has 0 aliphatic carbocycles. The summed E-state index contributed by atoms with van der Waals surface area (Å²) in [6.45, 7) is 1.55. The van der Waals surface area contributed by atoms with Crippen LogP contribution in [0.4, 0.5) is 4.79 Å². The van der Waals surface area contributed by atoms with E-state index in [-0.39, 0.29) is 19.2 Å². The highest BCUT2D eigenvalue weighted by molar-refractivity contribution is 6.08. The predicted octanol–water partition coefficient (Wildman–Crippen LogP) is 0.357. The number of nitrogens with one attached hydrogen (secondary N) is 1. The SMILES string of the molecule is CN(C)C(=O)CN1C(=O)N[C@@](C)(Cc2ccc3c(c2)OCO3)C1=O. The standard InChI is InChI=1S/C16H19N3O5/c1-16(7-10-4-5-11-12(6-10)24-9-23-11)14(21)19(15(22)17-16)8-13(20)18(2)3/h4-6H,7-9H2,1-3H3,(H,17,22)/t16-/m0/s1. The molecule has 0 radical (unpaired) electrons. The molecule has 8 nitrogen and oxygen atoms in total. The fourth-order valence-electron chi connectivity index (χ4n) is 2.75. The Labute approximate surface area is 139 Å². The van der Waals surface area contributed by atoms with Crippen LogP contribution in [0.25, 0.3) is 0 Å². The third kappa shape index (κ3) is 2.75. The van der Waals surface area contributed by atoms with Crippen LogP contribution in [-0.2, 0) is 16.0 Å². The summed E-state index contributed by atoms with van der Waals surface area (Å²) in [6.07, 6.45) is 0.293. The van der Waals surface area contributed by atoms with Crippen molar-refractivity contribution in [3.8, 4) is 11.5 Å². The molecule has 128 valence electrons. The topological polar surface area (TPSA) is 88.2 Å². The van der Waals surface area contributed by atoms with Crippen molar-refractivity contribution in [2.24, 2.45) is 0 Å². The van der Waals surface area contributed by atoms with Crippen molar-refractivity contribution in [1.82, 2.24) is 15.1 Å². The molecule has 0 bridgehead atoms. The molecule has 4 amide bonds. The monoisotopic (exact) mass is 333 g/mol. The van der Waals surface area contributed by atoms with E-state index in [1.165, 1.54) is 4.90 Å². The van der Waals surface area contributed by atoms with Gasteiger partial charge in [-0.3, -0.25) is 14.5 Å². The van der Waals surface area contributed by atoms with Gasteiger partial charge >= 0.3 is 6.03 Å². The molecule has 1 fully saturated rings. The fraction of sp³-hybridized carbons (Fsp3) is 0.438. The Bertz CT molecular complexity index is 718. The number of carbonyl (C=O) groups is 3. The average molecular weight is 333 g/mol. The predicted molar refractivity (Wildman–Crippen MR) is 83.6 cm³/mol. The van der Waals surface area contributed by atoms with Gasteiger partial charge < -0.3 is 19.7 Å². The maximum Gasteiger partial charge on any atom is 0.325 e. The number of ether oxygens (including phenoxy) is 2. The van der Waals surface area contributed by atoms with Gasteiger partial charge in [0.1, 0.15) is 12.1 Å². The third-order valence-electron chi connectivity index (χ3n) is 4.13. The Morgan fingerprint density at radius 1 is 1.29 bits per heavy atom. The summed E-state index contributed by atoms with van der Waals surface area (Å²) < 4.78 is 10.6. The molecule has 0 saturated carbocycles. The lowest BCUT2D eigenvalue weighted by Crippen LogP contribution is -2.46. The third-order valence-corrected chi connectivity index (χ3v) is 4.13. The van der Waals surface area contributed by atoms with Crippen molar-refractivity contribution < 1.29 is 23.9 Å². The van der Waals surface area contributed by atoms with E-state index >= 15 is 0 Å². The van der Waals surface area contributed by atoms with Crippen molar-refractivity contribution in [1.29, 1.82) is 0 Å².